The molecule has 6 rings (SSSR count). The number of anilines is 2. The second-order valence-electron chi connectivity index (χ2n) is 10.4. The average Bonchev–Trinajstić information content (AvgIpc) is 3.61. The van der Waals surface area contributed by atoms with Crippen LogP contribution in [0.25, 0.3) is 10.6 Å². The lowest BCUT2D eigenvalue weighted by atomic mass is 9.90. The molecule has 3 aromatic rings. The highest BCUT2D eigenvalue weighted by atomic mass is 35.5. The van der Waals surface area contributed by atoms with Crippen LogP contribution in [0.1, 0.15) is 25.6 Å². The normalized spacial score (nSPS) is 23.3. The first-order valence-corrected chi connectivity index (χ1v) is 14.5. The van der Waals surface area contributed by atoms with Gasteiger partial charge in [0.25, 0.3) is 6.43 Å². The summed E-state index contributed by atoms with van der Waals surface area (Å²) in [7, 11) is 1.50. The molecule has 11 nitrogen and oxygen atoms in total. The van der Waals surface area contributed by atoms with E-state index in [2.05, 4.69) is 19.9 Å². The first-order chi connectivity index (χ1) is 20.2. The fraction of sp³-hybridized carbons (Fsp3) is 0.481. The third-order valence-corrected chi connectivity index (χ3v) is 9.00. The van der Waals surface area contributed by atoms with E-state index in [1.165, 1.54) is 35.6 Å². The lowest BCUT2D eigenvalue weighted by molar-refractivity contribution is -0.228. The van der Waals surface area contributed by atoms with Gasteiger partial charge in [-0.05, 0) is 13.0 Å². The zero-order chi connectivity index (χ0) is 29.6. The molecule has 224 valence electrons. The van der Waals surface area contributed by atoms with E-state index in [1.54, 1.807) is 17.5 Å². The summed E-state index contributed by atoms with van der Waals surface area (Å²) in [5, 5.41) is 12.2. The second-order valence-corrected chi connectivity index (χ2v) is 11.7. The maximum atomic E-state index is 13.8. The summed E-state index contributed by atoms with van der Waals surface area (Å²) in [6.07, 6.45) is -2.04. The summed E-state index contributed by atoms with van der Waals surface area (Å²) in [6.45, 7) is 4.13. The number of thiophene rings is 1. The molecule has 0 aliphatic carbocycles. The standard InChI is InChI=1S/C27H28ClF2N5O6S/c1-14-27(12-39-13-27)40-4-3-34(14)19-5-15(28)9-31-25(19)41-16-6-20(26(36)37)35(10-16)22-8-18(32-24(33-22)23(29)30)21-7-17(38-2)11-42-21/h5,7-9,11,14,16,20,23H,3-4,6,10,12-13H2,1-2H3,(H,36,37)/t14-,16-,20-/m0/s1. The Morgan fingerprint density at radius 2 is 2.07 bits per heavy atom. The van der Waals surface area contributed by atoms with Crippen LogP contribution >= 0.6 is 22.9 Å². The zero-order valence-electron chi connectivity index (χ0n) is 22.7. The minimum atomic E-state index is -2.95. The topological polar surface area (TPSA) is 119 Å². The van der Waals surface area contributed by atoms with Crippen LogP contribution in [0.4, 0.5) is 20.3 Å². The van der Waals surface area contributed by atoms with Crippen molar-refractivity contribution in [2.45, 2.75) is 43.6 Å². The highest BCUT2D eigenvalue weighted by Crippen LogP contribution is 2.40. The largest absolute Gasteiger partial charge is 0.496 e. The number of hydrogen-bond acceptors (Lipinski definition) is 11. The number of carbonyl (C=O) groups is 1. The Bertz CT molecular complexity index is 1480. The minimum Gasteiger partial charge on any atom is -0.496 e. The van der Waals surface area contributed by atoms with E-state index in [1.807, 2.05) is 6.92 Å². The fourth-order valence-electron chi connectivity index (χ4n) is 5.53. The highest BCUT2D eigenvalue weighted by Gasteiger charge is 2.50. The summed E-state index contributed by atoms with van der Waals surface area (Å²) < 4.78 is 50.7. The molecule has 1 N–H and O–H groups in total. The molecule has 3 aliphatic heterocycles. The van der Waals surface area contributed by atoms with Gasteiger partial charge in [0.2, 0.25) is 5.88 Å². The number of methoxy groups -OCH3 is 1. The van der Waals surface area contributed by atoms with Crippen LogP contribution in [-0.4, -0.2) is 89.8 Å². The summed E-state index contributed by atoms with van der Waals surface area (Å²) in [4.78, 5) is 29.0. The SMILES string of the molecule is COc1csc(-c2cc(N3C[C@@H](Oc4ncc(Cl)cc4N4CCOC5(COC5)[C@@H]4C)C[C@H]3C(=O)O)nc(C(F)F)n2)c1. The van der Waals surface area contributed by atoms with Crippen LogP contribution in [0.15, 0.2) is 29.8 Å². The second kappa shape index (κ2) is 11.4. The molecule has 0 radical (unpaired) electrons. The first kappa shape index (κ1) is 28.8. The Labute approximate surface area is 249 Å². The van der Waals surface area contributed by atoms with Crippen LogP contribution in [0.2, 0.25) is 5.02 Å². The van der Waals surface area contributed by atoms with Crippen molar-refractivity contribution in [3.05, 3.63) is 40.6 Å². The molecule has 0 amide bonds. The maximum Gasteiger partial charge on any atom is 0.326 e. The quantitative estimate of drug-likeness (QED) is 0.387. The zero-order valence-corrected chi connectivity index (χ0v) is 24.3. The lowest BCUT2D eigenvalue weighted by Crippen LogP contribution is -2.68. The van der Waals surface area contributed by atoms with Gasteiger partial charge in [0.15, 0.2) is 5.82 Å². The average molecular weight is 624 g/mol. The minimum absolute atomic E-state index is 0.0578. The number of aromatic nitrogens is 3. The van der Waals surface area contributed by atoms with Gasteiger partial charge in [-0.1, -0.05) is 11.6 Å². The van der Waals surface area contributed by atoms with Gasteiger partial charge in [0.1, 0.15) is 35.0 Å². The summed E-state index contributed by atoms with van der Waals surface area (Å²) in [6, 6.07) is 3.82. The van der Waals surface area contributed by atoms with E-state index in [9.17, 15) is 18.7 Å². The van der Waals surface area contributed by atoms with Crippen molar-refractivity contribution in [3.63, 3.8) is 0 Å². The van der Waals surface area contributed by atoms with Crippen molar-refractivity contribution in [3.8, 4) is 22.2 Å². The number of pyridine rings is 1. The molecule has 3 aromatic heterocycles. The first-order valence-electron chi connectivity index (χ1n) is 13.3. The van der Waals surface area contributed by atoms with Crippen molar-refractivity contribution in [2.24, 2.45) is 0 Å². The monoisotopic (exact) mass is 623 g/mol. The Morgan fingerprint density at radius 1 is 1.26 bits per heavy atom. The van der Waals surface area contributed by atoms with Crippen molar-refractivity contribution < 1.29 is 37.6 Å². The molecule has 42 heavy (non-hydrogen) atoms. The summed E-state index contributed by atoms with van der Waals surface area (Å²) in [5.41, 5.74) is 0.468. The van der Waals surface area contributed by atoms with E-state index in [0.717, 1.165) is 0 Å². The van der Waals surface area contributed by atoms with Gasteiger partial charge in [-0.3, -0.25) is 0 Å². The lowest BCUT2D eigenvalue weighted by Gasteiger charge is -2.53. The summed E-state index contributed by atoms with van der Waals surface area (Å²) in [5.74, 6) is -0.902. The number of halogens is 3. The van der Waals surface area contributed by atoms with Crippen LogP contribution in [0.3, 0.4) is 0 Å². The van der Waals surface area contributed by atoms with Gasteiger partial charge in [-0.25, -0.2) is 28.5 Å². The highest BCUT2D eigenvalue weighted by molar-refractivity contribution is 7.13. The number of ether oxygens (including phenoxy) is 4. The number of morpholine rings is 1. The molecule has 6 heterocycles. The maximum absolute atomic E-state index is 13.8. The number of rotatable bonds is 8. The Morgan fingerprint density at radius 3 is 2.74 bits per heavy atom. The third-order valence-electron chi connectivity index (χ3n) is 7.86. The molecule has 3 atom stereocenters. The van der Waals surface area contributed by atoms with Crippen molar-refractivity contribution >= 4 is 40.4 Å². The van der Waals surface area contributed by atoms with Gasteiger partial charge in [-0.15, -0.1) is 11.3 Å². The van der Waals surface area contributed by atoms with E-state index >= 15 is 0 Å². The van der Waals surface area contributed by atoms with E-state index in [-0.39, 0.29) is 30.5 Å². The number of nitrogens with zero attached hydrogens (tertiary/aromatic N) is 5. The number of carboxylic acid groups (broad SMARTS) is 1. The molecule has 0 saturated carbocycles. The van der Waals surface area contributed by atoms with E-state index < -0.39 is 36.0 Å². The smallest absolute Gasteiger partial charge is 0.326 e. The molecular weight excluding hydrogens is 596 g/mol. The summed E-state index contributed by atoms with van der Waals surface area (Å²) >= 11 is 7.60. The van der Waals surface area contributed by atoms with E-state index in [0.29, 0.717) is 53.6 Å². The predicted octanol–water partition coefficient (Wildman–Crippen LogP) is 4.30. The van der Waals surface area contributed by atoms with Gasteiger partial charge in [-0.2, -0.15) is 0 Å². The third kappa shape index (κ3) is 5.32. The number of alkyl halides is 2. The Kier molecular flexibility index (Phi) is 7.81. The number of hydrogen-bond donors (Lipinski definition) is 1. The van der Waals surface area contributed by atoms with Gasteiger partial charge >= 0.3 is 5.97 Å². The predicted molar refractivity (Wildman–Crippen MR) is 150 cm³/mol. The van der Waals surface area contributed by atoms with Gasteiger partial charge in [0, 0.05) is 36.7 Å². The molecule has 0 unspecified atom stereocenters. The fourth-order valence-corrected chi connectivity index (χ4v) is 6.50. The van der Waals surface area contributed by atoms with Crippen LogP contribution < -0.4 is 19.3 Å². The van der Waals surface area contributed by atoms with Crippen LogP contribution in [0, 0.1) is 0 Å². The molecule has 0 bridgehead atoms. The van der Waals surface area contributed by atoms with Gasteiger partial charge < -0.3 is 33.9 Å². The molecule has 15 heteroatoms. The van der Waals surface area contributed by atoms with Crippen molar-refractivity contribution in [1.29, 1.82) is 0 Å². The Balaban J connectivity index is 1.29. The number of carboxylic acids is 1. The molecular formula is C27H28ClF2N5O6S. The van der Waals surface area contributed by atoms with Crippen LogP contribution in [0.5, 0.6) is 11.6 Å². The molecule has 1 spiro atoms. The molecule has 0 aromatic carbocycles. The molecule has 3 fully saturated rings. The van der Waals surface area contributed by atoms with Crippen molar-refractivity contribution in [2.75, 3.05) is 49.8 Å². The molecule has 3 aliphatic rings. The van der Waals surface area contributed by atoms with Crippen molar-refractivity contribution in [1.82, 2.24) is 15.0 Å². The van der Waals surface area contributed by atoms with Crippen LogP contribution in [-0.2, 0) is 14.3 Å². The number of aliphatic carboxylic acids is 1. The van der Waals surface area contributed by atoms with E-state index in [4.69, 9.17) is 30.5 Å². The van der Waals surface area contributed by atoms with Gasteiger partial charge in [0.05, 0.1) is 55.1 Å². The molecule has 3 saturated heterocycles. The Hall–Kier alpha value is -3.33.